The third-order valence-corrected chi connectivity index (χ3v) is 8.00. The van der Waals surface area contributed by atoms with Gasteiger partial charge in [-0.25, -0.2) is 0 Å². The fourth-order valence-electron chi connectivity index (χ4n) is 6.33. The van der Waals surface area contributed by atoms with Crippen LogP contribution in [0.2, 0.25) is 0 Å². The van der Waals surface area contributed by atoms with Crippen LogP contribution >= 0.6 is 0 Å². The maximum Gasteiger partial charge on any atom is 0.159 e. The molecule has 0 amide bonds. The lowest BCUT2D eigenvalue weighted by Crippen LogP contribution is -2.14. The molecule has 35 heavy (non-hydrogen) atoms. The Morgan fingerprint density at radius 3 is 2.23 bits per heavy atom. The van der Waals surface area contributed by atoms with Gasteiger partial charge in [-0.1, -0.05) is 86.6 Å². The highest BCUT2D eigenvalue weighted by atomic mass is 16.3. The van der Waals surface area contributed by atoms with Crippen LogP contribution in [0.15, 0.2) is 108 Å². The van der Waals surface area contributed by atoms with E-state index in [9.17, 15) is 0 Å². The van der Waals surface area contributed by atoms with Gasteiger partial charge in [-0.2, -0.15) is 0 Å². The van der Waals surface area contributed by atoms with Gasteiger partial charge in [0.05, 0.1) is 16.7 Å². The molecule has 166 valence electrons. The lowest BCUT2D eigenvalue weighted by Gasteiger charge is -2.21. The molecule has 0 atom stereocenters. The van der Waals surface area contributed by atoms with Crippen LogP contribution in [0, 0.1) is 0 Å². The molecule has 0 bridgehead atoms. The Kier molecular flexibility index (Phi) is 3.50. The van der Waals surface area contributed by atoms with Gasteiger partial charge >= 0.3 is 0 Å². The van der Waals surface area contributed by atoms with E-state index in [-0.39, 0.29) is 5.41 Å². The van der Waals surface area contributed by atoms with Gasteiger partial charge < -0.3 is 8.98 Å². The third kappa shape index (κ3) is 2.34. The van der Waals surface area contributed by atoms with E-state index in [4.69, 9.17) is 4.42 Å². The number of furan rings is 1. The van der Waals surface area contributed by atoms with Gasteiger partial charge in [-0.05, 0) is 52.6 Å². The Balaban J connectivity index is 1.54. The SMILES string of the molecule is CC1(C)c2ccccc2-c2cc3c4ccccc4n(-c4cccc5c4oc4ccccc45)c3cc21. The van der Waals surface area contributed by atoms with Crippen LogP contribution in [0.1, 0.15) is 25.0 Å². The number of hydrogen-bond acceptors (Lipinski definition) is 1. The van der Waals surface area contributed by atoms with E-state index in [0.29, 0.717) is 0 Å². The third-order valence-electron chi connectivity index (χ3n) is 8.00. The fraction of sp³-hybridized carbons (Fsp3) is 0.0909. The van der Waals surface area contributed by atoms with Gasteiger partial charge in [0.15, 0.2) is 5.58 Å². The first-order valence-electron chi connectivity index (χ1n) is 12.2. The molecule has 2 heteroatoms. The molecule has 1 aliphatic carbocycles. The highest BCUT2D eigenvalue weighted by Crippen LogP contribution is 2.51. The maximum absolute atomic E-state index is 6.47. The Morgan fingerprint density at radius 2 is 1.31 bits per heavy atom. The Bertz CT molecular complexity index is 1980. The first-order chi connectivity index (χ1) is 17.1. The van der Waals surface area contributed by atoms with Crippen molar-refractivity contribution >= 4 is 43.7 Å². The van der Waals surface area contributed by atoms with Crippen LogP contribution in [0.25, 0.3) is 60.6 Å². The van der Waals surface area contributed by atoms with E-state index in [1.165, 1.54) is 44.1 Å². The molecule has 0 saturated carbocycles. The molecule has 7 aromatic rings. The molecular formula is C33H23NO. The van der Waals surface area contributed by atoms with Gasteiger partial charge in [-0.3, -0.25) is 0 Å². The van der Waals surface area contributed by atoms with Crippen molar-refractivity contribution in [2.75, 3.05) is 0 Å². The molecular weight excluding hydrogens is 426 g/mol. The van der Waals surface area contributed by atoms with E-state index in [1.807, 2.05) is 6.07 Å². The maximum atomic E-state index is 6.47. The molecule has 1 aliphatic rings. The smallest absolute Gasteiger partial charge is 0.159 e. The molecule has 0 aliphatic heterocycles. The van der Waals surface area contributed by atoms with E-state index in [1.54, 1.807) is 0 Å². The van der Waals surface area contributed by atoms with Crippen molar-refractivity contribution in [3.05, 3.63) is 114 Å². The zero-order valence-corrected chi connectivity index (χ0v) is 19.7. The van der Waals surface area contributed by atoms with Crippen LogP contribution in [0.5, 0.6) is 0 Å². The molecule has 0 fully saturated rings. The number of aromatic nitrogens is 1. The van der Waals surface area contributed by atoms with Crippen molar-refractivity contribution in [2.24, 2.45) is 0 Å². The lowest BCUT2D eigenvalue weighted by molar-refractivity contribution is 0.660. The molecule has 5 aromatic carbocycles. The molecule has 2 aromatic heterocycles. The number of benzene rings is 5. The zero-order chi connectivity index (χ0) is 23.3. The number of fused-ring (bicyclic) bond motifs is 9. The van der Waals surface area contributed by atoms with E-state index in [2.05, 4.69) is 115 Å². The highest BCUT2D eigenvalue weighted by molar-refractivity contribution is 6.14. The van der Waals surface area contributed by atoms with Gasteiger partial charge in [0.1, 0.15) is 5.58 Å². The molecule has 2 heterocycles. The Hall–Kier alpha value is -4.30. The summed E-state index contributed by atoms with van der Waals surface area (Å²) in [5, 5.41) is 4.85. The van der Waals surface area contributed by atoms with Crippen molar-refractivity contribution in [2.45, 2.75) is 19.3 Å². The monoisotopic (exact) mass is 449 g/mol. The van der Waals surface area contributed by atoms with E-state index >= 15 is 0 Å². The second-order valence-corrected chi connectivity index (χ2v) is 10.2. The van der Waals surface area contributed by atoms with Crippen LogP contribution in [-0.2, 0) is 5.41 Å². The molecule has 8 rings (SSSR count). The minimum atomic E-state index is -0.0488. The molecule has 0 radical (unpaired) electrons. The molecule has 0 spiro atoms. The standard InChI is InChI=1S/C33H23NO/c1-33(2)26-14-6-3-10-20(26)24-18-25-21-11-4-7-15-28(21)34(30(25)19-27(24)33)29-16-9-13-23-22-12-5-8-17-31(22)35-32(23)29/h3-19H,1-2H3. The minimum Gasteiger partial charge on any atom is -0.454 e. The van der Waals surface area contributed by atoms with E-state index in [0.717, 1.165) is 27.6 Å². The summed E-state index contributed by atoms with van der Waals surface area (Å²) in [5.41, 5.74) is 10.8. The highest BCUT2D eigenvalue weighted by Gasteiger charge is 2.36. The van der Waals surface area contributed by atoms with Crippen LogP contribution < -0.4 is 0 Å². The van der Waals surface area contributed by atoms with Crippen LogP contribution in [-0.4, -0.2) is 4.57 Å². The summed E-state index contributed by atoms with van der Waals surface area (Å²) in [6, 6.07) is 37.2. The van der Waals surface area contributed by atoms with Gasteiger partial charge in [0.2, 0.25) is 0 Å². The summed E-state index contributed by atoms with van der Waals surface area (Å²) < 4.78 is 8.87. The second kappa shape index (κ2) is 6.43. The summed E-state index contributed by atoms with van der Waals surface area (Å²) in [6.45, 7) is 4.69. The van der Waals surface area contributed by atoms with Crippen LogP contribution in [0.3, 0.4) is 0 Å². The number of rotatable bonds is 1. The number of para-hydroxylation sites is 3. The predicted molar refractivity (Wildman–Crippen MR) is 146 cm³/mol. The predicted octanol–water partition coefficient (Wildman–Crippen LogP) is 8.99. The molecule has 0 unspecified atom stereocenters. The average Bonchev–Trinajstić information content (AvgIpc) is 3.50. The minimum absolute atomic E-state index is 0.0488. The van der Waals surface area contributed by atoms with Gasteiger partial charge in [-0.15, -0.1) is 0 Å². The summed E-state index contributed by atoms with van der Waals surface area (Å²) in [7, 11) is 0. The van der Waals surface area contributed by atoms with E-state index < -0.39 is 0 Å². The molecule has 0 N–H and O–H groups in total. The van der Waals surface area contributed by atoms with Crippen molar-refractivity contribution in [3.63, 3.8) is 0 Å². The summed E-state index contributed by atoms with van der Waals surface area (Å²) in [4.78, 5) is 0. The largest absolute Gasteiger partial charge is 0.454 e. The summed E-state index contributed by atoms with van der Waals surface area (Å²) in [5.74, 6) is 0. The zero-order valence-electron chi connectivity index (χ0n) is 19.7. The molecule has 0 saturated heterocycles. The topological polar surface area (TPSA) is 18.1 Å². The number of hydrogen-bond donors (Lipinski definition) is 0. The van der Waals surface area contributed by atoms with Crippen molar-refractivity contribution in [1.29, 1.82) is 0 Å². The van der Waals surface area contributed by atoms with Crippen molar-refractivity contribution in [1.82, 2.24) is 4.57 Å². The Labute approximate surface area is 203 Å². The fourth-order valence-corrected chi connectivity index (χ4v) is 6.33. The number of nitrogens with zero attached hydrogens (tertiary/aromatic N) is 1. The Morgan fingerprint density at radius 1 is 0.571 bits per heavy atom. The van der Waals surface area contributed by atoms with Gasteiger partial charge in [0, 0.05) is 27.0 Å². The summed E-state index contributed by atoms with van der Waals surface area (Å²) >= 11 is 0. The molecule has 2 nitrogen and oxygen atoms in total. The normalized spacial score (nSPS) is 14.2. The quantitative estimate of drug-likeness (QED) is 0.244. The first-order valence-corrected chi connectivity index (χ1v) is 12.2. The first kappa shape index (κ1) is 19.1. The van der Waals surface area contributed by atoms with Crippen molar-refractivity contribution < 1.29 is 4.42 Å². The lowest BCUT2D eigenvalue weighted by atomic mass is 9.82. The second-order valence-electron chi connectivity index (χ2n) is 10.2. The van der Waals surface area contributed by atoms with Crippen LogP contribution in [0.4, 0.5) is 0 Å². The van der Waals surface area contributed by atoms with Crippen molar-refractivity contribution in [3.8, 4) is 16.8 Å². The van der Waals surface area contributed by atoms with Gasteiger partial charge in [0.25, 0.3) is 0 Å². The summed E-state index contributed by atoms with van der Waals surface area (Å²) in [6.07, 6.45) is 0. The average molecular weight is 450 g/mol.